The number of nitrogens with one attached hydrogen (secondary N) is 1. The zero-order valence-corrected chi connectivity index (χ0v) is 17.9. The molecule has 2 fully saturated rings. The number of nitrogens with zero attached hydrogens (tertiary/aromatic N) is 2. The molecule has 4 rings (SSSR count). The maximum absolute atomic E-state index is 12.7. The third-order valence-corrected chi connectivity index (χ3v) is 7.99. The lowest BCUT2D eigenvalue weighted by molar-refractivity contribution is -0.126. The Labute approximate surface area is 178 Å². The Morgan fingerprint density at radius 3 is 2.20 bits per heavy atom. The minimum Gasteiger partial charge on any atom is -0.352 e. The molecule has 0 saturated carbocycles. The molecular formula is C23H29N3O3S. The van der Waals surface area contributed by atoms with Gasteiger partial charge in [-0.2, -0.15) is 4.31 Å². The van der Waals surface area contributed by atoms with Gasteiger partial charge in [-0.25, -0.2) is 8.42 Å². The molecule has 2 aromatic carbocycles. The van der Waals surface area contributed by atoms with Crippen molar-refractivity contribution < 1.29 is 13.2 Å². The normalized spacial score (nSPS) is 21.5. The van der Waals surface area contributed by atoms with E-state index in [1.165, 1.54) is 9.87 Å². The number of carbonyl (C=O) groups is 1. The molecule has 6 nitrogen and oxygen atoms in total. The summed E-state index contributed by atoms with van der Waals surface area (Å²) in [4.78, 5) is 15.4. The summed E-state index contributed by atoms with van der Waals surface area (Å²) in [5, 5.41) is 3.20. The molecule has 0 unspecified atom stereocenters. The highest BCUT2D eigenvalue weighted by Crippen LogP contribution is 2.24. The van der Waals surface area contributed by atoms with E-state index in [1.807, 2.05) is 6.07 Å². The summed E-state index contributed by atoms with van der Waals surface area (Å²) in [6.45, 7) is 3.53. The van der Waals surface area contributed by atoms with Crippen LogP contribution in [0.3, 0.4) is 0 Å². The summed E-state index contributed by atoms with van der Waals surface area (Å²) in [7, 11) is -3.48. The third-order valence-electron chi connectivity index (χ3n) is 6.07. The van der Waals surface area contributed by atoms with Crippen molar-refractivity contribution in [3.8, 4) is 0 Å². The van der Waals surface area contributed by atoms with Crippen molar-refractivity contribution >= 4 is 15.9 Å². The van der Waals surface area contributed by atoms with E-state index in [1.54, 1.807) is 30.3 Å². The van der Waals surface area contributed by atoms with E-state index in [4.69, 9.17) is 0 Å². The van der Waals surface area contributed by atoms with Crippen LogP contribution < -0.4 is 5.32 Å². The molecule has 1 N–H and O–H groups in total. The van der Waals surface area contributed by atoms with Crippen LogP contribution in [-0.2, 0) is 21.4 Å². The maximum Gasteiger partial charge on any atom is 0.243 e. The molecule has 2 aliphatic heterocycles. The number of piperidine rings is 1. The standard InChI is InChI=1S/C23H29N3O3S/c27-23(24-21-13-14-25(18-21)17-19-7-3-1-4-8-19)20-11-15-26(16-12-20)30(28,29)22-9-5-2-6-10-22/h1-10,20-21H,11-18H2,(H,24,27)/t21-/m0/s1. The van der Waals surface area contributed by atoms with Crippen LogP contribution in [0.25, 0.3) is 0 Å². The second-order valence-corrected chi connectivity index (χ2v) is 10.1. The van der Waals surface area contributed by atoms with Gasteiger partial charge in [-0.15, -0.1) is 0 Å². The number of carbonyl (C=O) groups excluding carboxylic acids is 1. The van der Waals surface area contributed by atoms with Gasteiger partial charge in [-0.05, 0) is 37.0 Å². The number of rotatable bonds is 6. The zero-order chi connectivity index (χ0) is 21.0. The van der Waals surface area contributed by atoms with Crippen LogP contribution in [0.4, 0.5) is 0 Å². The Morgan fingerprint density at radius 2 is 1.53 bits per heavy atom. The quantitative estimate of drug-likeness (QED) is 0.769. The summed E-state index contributed by atoms with van der Waals surface area (Å²) < 4.78 is 27.0. The van der Waals surface area contributed by atoms with Gasteiger partial charge in [-0.3, -0.25) is 9.69 Å². The third kappa shape index (κ3) is 4.91. The van der Waals surface area contributed by atoms with Crippen molar-refractivity contribution in [2.75, 3.05) is 26.2 Å². The molecule has 1 atom stereocenters. The Hall–Kier alpha value is -2.22. The summed E-state index contributed by atoms with van der Waals surface area (Å²) in [5.74, 6) is -0.0475. The van der Waals surface area contributed by atoms with Gasteiger partial charge in [-0.1, -0.05) is 48.5 Å². The number of hydrogen-bond acceptors (Lipinski definition) is 4. The first-order valence-electron chi connectivity index (χ1n) is 10.6. The predicted molar refractivity (Wildman–Crippen MR) is 116 cm³/mol. The van der Waals surface area contributed by atoms with Crippen LogP contribution in [-0.4, -0.2) is 55.8 Å². The van der Waals surface area contributed by atoms with Crippen LogP contribution in [0, 0.1) is 5.92 Å². The van der Waals surface area contributed by atoms with E-state index in [2.05, 4.69) is 34.5 Å². The largest absolute Gasteiger partial charge is 0.352 e. The second-order valence-electron chi connectivity index (χ2n) is 8.21. The lowest BCUT2D eigenvalue weighted by Gasteiger charge is -2.31. The number of amides is 1. The molecule has 0 aromatic heterocycles. The minimum atomic E-state index is -3.48. The molecule has 160 valence electrons. The average molecular weight is 428 g/mol. The molecule has 2 aromatic rings. The SMILES string of the molecule is O=C(N[C@H]1CCN(Cc2ccccc2)C1)C1CCN(S(=O)(=O)c2ccccc2)CC1. The Bertz CT molecular complexity index is 942. The molecule has 2 saturated heterocycles. The number of likely N-dealkylation sites (tertiary alicyclic amines) is 1. The van der Waals surface area contributed by atoms with Crippen molar-refractivity contribution in [3.63, 3.8) is 0 Å². The summed E-state index contributed by atoms with van der Waals surface area (Å²) in [6.07, 6.45) is 2.09. The van der Waals surface area contributed by atoms with Gasteiger partial charge < -0.3 is 5.32 Å². The number of benzene rings is 2. The van der Waals surface area contributed by atoms with Crippen LogP contribution in [0.1, 0.15) is 24.8 Å². The smallest absolute Gasteiger partial charge is 0.243 e. The molecule has 2 aliphatic rings. The lowest BCUT2D eigenvalue weighted by atomic mass is 9.97. The molecule has 2 heterocycles. The van der Waals surface area contributed by atoms with Gasteiger partial charge in [0, 0.05) is 44.7 Å². The second kappa shape index (κ2) is 9.29. The monoisotopic (exact) mass is 427 g/mol. The fourth-order valence-corrected chi connectivity index (χ4v) is 5.85. The average Bonchev–Trinajstić information content (AvgIpc) is 3.21. The van der Waals surface area contributed by atoms with E-state index in [0.717, 1.165) is 26.1 Å². The van der Waals surface area contributed by atoms with Gasteiger partial charge >= 0.3 is 0 Å². The fourth-order valence-electron chi connectivity index (χ4n) is 4.35. The van der Waals surface area contributed by atoms with E-state index in [0.29, 0.717) is 30.8 Å². The van der Waals surface area contributed by atoms with Crippen LogP contribution in [0.2, 0.25) is 0 Å². The van der Waals surface area contributed by atoms with Crippen molar-refractivity contribution in [1.29, 1.82) is 0 Å². The number of hydrogen-bond donors (Lipinski definition) is 1. The molecule has 0 bridgehead atoms. The van der Waals surface area contributed by atoms with Gasteiger partial charge in [0.05, 0.1) is 4.90 Å². The van der Waals surface area contributed by atoms with Gasteiger partial charge in [0.2, 0.25) is 15.9 Å². The van der Waals surface area contributed by atoms with Crippen LogP contribution in [0.5, 0.6) is 0 Å². The fraction of sp³-hybridized carbons (Fsp3) is 0.435. The zero-order valence-electron chi connectivity index (χ0n) is 17.1. The highest BCUT2D eigenvalue weighted by molar-refractivity contribution is 7.89. The molecular weight excluding hydrogens is 398 g/mol. The van der Waals surface area contributed by atoms with E-state index >= 15 is 0 Å². The lowest BCUT2D eigenvalue weighted by Crippen LogP contribution is -2.45. The molecule has 0 radical (unpaired) electrons. The molecule has 1 amide bonds. The van der Waals surface area contributed by atoms with Gasteiger partial charge in [0.1, 0.15) is 0 Å². The van der Waals surface area contributed by atoms with E-state index < -0.39 is 10.0 Å². The first-order chi connectivity index (χ1) is 14.5. The van der Waals surface area contributed by atoms with Gasteiger partial charge in [0.25, 0.3) is 0 Å². The maximum atomic E-state index is 12.7. The summed E-state index contributed by atoms with van der Waals surface area (Å²) in [5.41, 5.74) is 1.29. The molecule has 30 heavy (non-hydrogen) atoms. The molecule has 0 spiro atoms. The van der Waals surface area contributed by atoms with E-state index in [-0.39, 0.29) is 17.9 Å². The Balaban J connectivity index is 1.25. The molecule has 0 aliphatic carbocycles. The van der Waals surface area contributed by atoms with Crippen molar-refractivity contribution in [2.24, 2.45) is 5.92 Å². The van der Waals surface area contributed by atoms with Crippen molar-refractivity contribution in [3.05, 3.63) is 66.2 Å². The van der Waals surface area contributed by atoms with Crippen LogP contribution >= 0.6 is 0 Å². The Morgan fingerprint density at radius 1 is 0.900 bits per heavy atom. The highest BCUT2D eigenvalue weighted by Gasteiger charge is 2.33. The topological polar surface area (TPSA) is 69.7 Å². The number of sulfonamides is 1. The first-order valence-corrected chi connectivity index (χ1v) is 12.1. The molecule has 7 heteroatoms. The summed E-state index contributed by atoms with van der Waals surface area (Å²) >= 11 is 0. The Kier molecular flexibility index (Phi) is 6.51. The van der Waals surface area contributed by atoms with Crippen LogP contribution in [0.15, 0.2) is 65.6 Å². The van der Waals surface area contributed by atoms with Crippen molar-refractivity contribution in [1.82, 2.24) is 14.5 Å². The summed E-state index contributed by atoms with van der Waals surface area (Å²) in [6, 6.07) is 19.1. The minimum absolute atomic E-state index is 0.0679. The van der Waals surface area contributed by atoms with E-state index in [9.17, 15) is 13.2 Å². The van der Waals surface area contributed by atoms with Crippen molar-refractivity contribution in [2.45, 2.75) is 36.7 Å². The first kappa shape index (κ1) is 21.0. The predicted octanol–water partition coefficient (Wildman–Crippen LogP) is 2.48. The highest BCUT2D eigenvalue weighted by atomic mass is 32.2. The van der Waals surface area contributed by atoms with Gasteiger partial charge in [0.15, 0.2) is 0 Å².